The van der Waals surface area contributed by atoms with Crippen molar-refractivity contribution in [2.75, 3.05) is 14.2 Å². The highest BCUT2D eigenvalue weighted by atomic mass is 79.9. The van der Waals surface area contributed by atoms with Crippen molar-refractivity contribution in [3.63, 3.8) is 0 Å². The number of esters is 1. The lowest BCUT2D eigenvalue weighted by molar-refractivity contribution is -0.150. The third-order valence-corrected chi connectivity index (χ3v) is 3.54. The molecule has 0 spiro atoms. The maximum Gasteiger partial charge on any atom is 0.339 e. The number of carbonyl (C=O) groups excluding carboxylic acids is 1. The smallest absolute Gasteiger partial charge is 0.339 e. The number of ether oxygens (including phenoxy) is 2. The van der Waals surface area contributed by atoms with Crippen molar-refractivity contribution in [2.24, 2.45) is 0 Å². The quantitative estimate of drug-likeness (QED) is 0.870. The summed E-state index contributed by atoms with van der Waals surface area (Å²) in [5.74, 6) is -0.248. The molecule has 1 aromatic rings. The van der Waals surface area contributed by atoms with Crippen molar-refractivity contribution in [1.29, 1.82) is 0 Å². The molecule has 0 aliphatic carbocycles. The maximum atomic E-state index is 11.4. The predicted molar refractivity (Wildman–Crippen MR) is 67.1 cm³/mol. The number of aliphatic hydroxyl groups is 1. The van der Waals surface area contributed by atoms with Gasteiger partial charge in [0.25, 0.3) is 0 Å². The zero-order valence-corrected chi connectivity index (χ0v) is 11.8. The van der Waals surface area contributed by atoms with Gasteiger partial charge in [-0.15, -0.1) is 0 Å². The van der Waals surface area contributed by atoms with E-state index >= 15 is 0 Å². The molecule has 5 heteroatoms. The second-order valence-electron chi connectivity index (χ2n) is 3.70. The van der Waals surface area contributed by atoms with Crippen LogP contribution in [0.25, 0.3) is 0 Å². The zero-order chi connectivity index (χ0) is 13.2. The summed E-state index contributed by atoms with van der Waals surface area (Å²) in [7, 11) is 2.73. The molecule has 1 rings (SSSR count). The van der Waals surface area contributed by atoms with Crippen LogP contribution in [0.1, 0.15) is 22.8 Å². The molecule has 0 amide bonds. The van der Waals surface area contributed by atoms with E-state index in [4.69, 9.17) is 4.74 Å². The number of halogens is 1. The van der Waals surface area contributed by atoms with Crippen molar-refractivity contribution < 1.29 is 19.4 Å². The molecule has 0 saturated heterocycles. The van der Waals surface area contributed by atoms with Crippen LogP contribution in [0.4, 0.5) is 0 Å². The molecule has 94 valence electrons. The molecule has 0 aliphatic rings. The lowest BCUT2D eigenvalue weighted by Crippen LogP contribution is -2.16. The Hall–Kier alpha value is -1.07. The Morgan fingerprint density at radius 3 is 2.41 bits per heavy atom. The van der Waals surface area contributed by atoms with E-state index in [1.807, 2.05) is 19.9 Å². The Labute approximate surface area is 109 Å². The van der Waals surface area contributed by atoms with E-state index in [9.17, 15) is 9.90 Å². The topological polar surface area (TPSA) is 55.8 Å². The van der Waals surface area contributed by atoms with Crippen LogP contribution in [0.15, 0.2) is 10.5 Å². The van der Waals surface area contributed by atoms with Crippen LogP contribution in [0.5, 0.6) is 5.75 Å². The summed E-state index contributed by atoms with van der Waals surface area (Å²) in [6.45, 7) is 3.72. The van der Waals surface area contributed by atoms with Gasteiger partial charge in [0, 0.05) is 5.56 Å². The minimum atomic E-state index is -1.34. The summed E-state index contributed by atoms with van der Waals surface area (Å²) < 4.78 is 10.5. The predicted octanol–water partition coefficient (Wildman–Crippen LogP) is 2.28. The molecule has 1 unspecified atom stereocenters. The fourth-order valence-corrected chi connectivity index (χ4v) is 2.20. The third kappa shape index (κ3) is 2.61. The van der Waals surface area contributed by atoms with Gasteiger partial charge in [0.2, 0.25) is 0 Å². The summed E-state index contributed by atoms with van der Waals surface area (Å²) in [4.78, 5) is 11.4. The van der Waals surface area contributed by atoms with Crippen LogP contribution in [0, 0.1) is 13.8 Å². The first-order valence-electron chi connectivity index (χ1n) is 5.03. The summed E-state index contributed by atoms with van der Waals surface area (Å²) >= 11 is 3.38. The Morgan fingerprint density at radius 1 is 1.35 bits per heavy atom. The highest BCUT2D eigenvalue weighted by Crippen LogP contribution is 2.38. The van der Waals surface area contributed by atoms with E-state index in [1.165, 1.54) is 14.2 Å². The van der Waals surface area contributed by atoms with Crippen molar-refractivity contribution in [1.82, 2.24) is 0 Å². The molecule has 17 heavy (non-hydrogen) atoms. The van der Waals surface area contributed by atoms with Crippen LogP contribution in [-0.4, -0.2) is 25.3 Å². The fraction of sp³-hybridized carbons (Fsp3) is 0.417. The van der Waals surface area contributed by atoms with Gasteiger partial charge in [-0.05, 0) is 40.9 Å². The molecular weight excluding hydrogens is 288 g/mol. The molecule has 0 saturated carbocycles. The number of methoxy groups -OCH3 is 2. The van der Waals surface area contributed by atoms with Gasteiger partial charge < -0.3 is 14.6 Å². The average molecular weight is 303 g/mol. The molecule has 1 N–H and O–H groups in total. The lowest BCUT2D eigenvalue weighted by atomic mass is 9.99. The van der Waals surface area contributed by atoms with Crippen LogP contribution < -0.4 is 4.74 Å². The highest BCUT2D eigenvalue weighted by molar-refractivity contribution is 9.10. The van der Waals surface area contributed by atoms with Gasteiger partial charge in [0.1, 0.15) is 5.75 Å². The second-order valence-corrected chi connectivity index (χ2v) is 4.49. The van der Waals surface area contributed by atoms with E-state index in [2.05, 4.69) is 20.7 Å². The molecule has 0 aromatic heterocycles. The van der Waals surface area contributed by atoms with Gasteiger partial charge in [-0.2, -0.15) is 0 Å². The lowest BCUT2D eigenvalue weighted by Gasteiger charge is -2.18. The average Bonchev–Trinajstić information content (AvgIpc) is 2.31. The number of benzene rings is 1. The zero-order valence-electron chi connectivity index (χ0n) is 10.2. The molecule has 0 aliphatic heterocycles. The Kier molecular flexibility index (Phi) is 4.54. The molecule has 0 bridgehead atoms. The molecule has 0 heterocycles. The summed E-state index contributed by atoms with van der Waals surface area (Å²) in [5.41, 5.74) is 2.18. The van der Waals surface area contributed by atoms with E-state index in [1.54, 1.807) is 0 Å². The first-order valence-corrected chi connectivity index (χ1v) is 5.82. The van der Waals surface area contributed by atoms with Gasteiger partial charge in [0.05, 0.1) is 18.7 Å². The summed E-state index contributed by atoms with van der Waals surface area (Å²) in [6.07, 6.45) is -1.34. The third-order valence-electron chi connectivity index (χ3n) is 2.55. The van der Waals surface area contributed by atoms with E-state index in [-0.39, 0.29) is 0 Å². The number of rotatable bonds is 3. The Bertz CT molecular complexity index is 443. The van der Waals surface area contributed by atoms with Crippen molar-refractivity contribution in [3.8, 4) is 5.75 Å². The van der Waals surface area contributed by atoms with Gasteiger partial charge in [-0.3, -0.25) is 0 Å². The van der Waals surface area contributed by atoms with E-state index in [0.29, 0.717) is 11.3 Å². The SMILES string of the molecule is COC(=O)C(O)c1c(C)cc(C)c(Br)c1OC. The standard InChI is InChI=1S/C12H15BrO4/c1-6-5-7(2)9(13)11(16-3)8(6)10(14)12(15)17-4/h5,10,14H,1-4H3. The minimum absolute atomic E-state index is 0.428. The van der Waals surface area contributed by atoms with Gasteiger partial charge in [-0.25, -0.2) is 4.79 Å². The minimum Gasteiger partial charge on any atom is -0.495 e. The number of aryl methyl sites for hydroxylation is 2. The van der Waals surface area contributed by atoms with Crippen molar-refractivity contribution in [3.05, 3.63) is 27.2 Å². The molecule has 0 radical (unpaired) electrons. The first kappa shape index (κ1) is 14.0. The number of carbonyl (C=O) groups is 1. The summed E-state index contributed by atoms with van der Waals surface area (Å²) in [5, 5.41) is 9.92. The van der Waals surface area contributed by atoms with Crippen LogP contribution in [-0.2, 0) is 9.53 Å². The second kappa shape index (κ2) is 5.51. The molecule has 0 fully saturated rings. The summed E-state index contributed by atoms with van der Waals surface area (Å²) in [6, 6.07) is 1.87. The van der Waals surface area contributed by atoms with E-state index < -0.39 is 12.1 Å². The fourth-order valence-electron chi connectivity index (χ4n) is 1.71. The molecular formula is C12H15BrO4. The largest absolute Gasteiger partial charge is 0.495 e. The monoisotopic (exact) mass is 302 g/mol. The number of aliphatic hydroxyl groups excluding tert-OH is 1. The van der Waals surface area contributed by atoms with Gasteiger partial charge >= 0.3 is 5.97 Å². The Balaban J connectivity index is 3.41. The van der Waals surface area contributed by atoms with E-state index in [0.717, 1.165) is 15.6 Å². The molecule has 1 atom stereocenters. The normalized spacial score (nSPS) is 12.1. The van der Waals surface area contributed by atoms with Crippen LogP contribution >= 0.6 is 15.9 Å². The van der Waals surface area contributed by atoms with Gasteiger partial charge in [0.15, 0.2) is 6.10 Å². The molecule has 1 aromatic carbocycles. The van der Waals surface area contributed by atoms with Crippen molar-refractivity contribution in [2.45, 2.75) is 20.0 Å². The van der Waals surface area contributed by atoms with Crippen LogP contribution in [0.2, 0.25) is 0 Å². The number of hydrogen-bond acceptors (Lipinski definition) is 4. The van der Waals surface area contributed by atoms with Crippen LogP contribution in [0.3, 0.4) is 0 Å². The Morgan fingerprint density at radius 2 is 1.94 bits per heavy atom. The van der Waals surface area contributed by atoms with Crippen molar-refractivity contribution >= 4 is 21.9 Å². The first-order chi connectivity index (χ1) is 7.93. The number of hydrogen-bond donors (Lipinski definition) is 1. The molecule has 4 nitrogen and oxygen atoms in total. The van der Waals surface area contributed by atoms with Gasteiger partial charge in [-0.1, -0.05) is 6.07 Å². The maximum absolute atomic E-state index is 11.4. The highest BCUT2D eigenvalue weighted by Gasteiger charge is 2.26.